The highest BCUT2D eigenvalue weighted by Crippen LogP contribution is 2.30. The van der Waals surface area contributed by atoms with Gasteiger partial charge in [-0.15, -0.1) is 11.8 Å². The highest BCUT2D eigenvalue weighted by molar-refractivity contribution is 7.99. The van der Waals surface area contributed by atoms with Crippen LogP contribution in [0.4, 0.5) is 0 Å². The van der Waals surface area contributed by atoms with Crippen molar-refractivity contribution in [2.24, 2.45) is 5.92 Å². The standard InChI is InChI=1S/C18H34N2O6S/c1-5-6-10-7-11(20(3)8-10)17(25)19-12(9(2)21)16-14(23)13(22)15(24)18(26-16)27-4/h9-16,18,21-24H,5-8H2,1-4H3,(H,19,25)/t9-,10+,11+,12+,13-,14-,15+,16+,18+/m0/s1. The van der Waals surface area contributed by atoms with E-state index in [-0.39, 0.29) is 11.9 Å². The van der Waals surface area contributed by atoms with Gasteiger partial charge in [0.05, 0.1) is 18.2 Å². The Kier molecular flexibility index (Phi) is 8.35. The number of ether oxygens (including phenoxy) is 1. The Labute approximate surface area is 165 Å². The van der Waals surface area contributed by atoms with Crippen LogP contribution in [0.15, 0.2) is 0 Å². The highest BCUT2D eigenvalue weighted by Gasteiger charge is 2.48. The molecule has 0 aromatic heterocycles. The van der Waals surface area contributed by atoms with Gasteiger partial charge in [-0.05, 0) is 39.0 Å². The van der Waals surface area contributed by atoms with Crippen LogP contribution in [0.1, 0.15) is 33.1 Å². The Morgan fingerprint density at radius 1 is 1.30 bits per heavy atom. The van der Waals surface area contributed by atoms with Crippen molar-refractivity contribution in [2.45, 2.75) is 81.1 Å². The molecule has 2 heterocycles. The molecule has 0 spiro atoms. The van der Waals surface area contributed by atoms with E-state index in [4.69, 9.17) is 4.74 Å². The Hall–Kier alpha value is -0.420. The molecule has 0 saturated carbocycles. The first-order valence-corrected chi connectivity index (χ1v) is 10.9. The lowest BCUT2D eigenvalue weighted by atomic mass is 9.92. The van der Waals surface area contributed by atoms with Gasteiger partial charge in [-0.3, -0.25) is 9.69 Å². The summed E-state index contributed by atoms with van der Waals surface area (Å²) in [4.78, 5) is 14.9. The molecule has 27 heavy (non-hydrogen) atoms. The van der Waals surface area contributed by atoms with Crippen molar-refractivity contribution in [3.8, 4) is 0 Å². The molecule has 2 aliphatic rings. The summed E-state index contributed by atoms with van der Waals surface area (Å²) in [5.74, 6) is 0.245. The second-order valence-corrected chi connectivity index (χ2v) is 8.73. The van der Waals surface area contributed by atoms with E-state index in [9.17, 15) is 25.2 Å². The van der Waals surface area contributed by atoms with Crippen molar-refractivity contribution in [3.63, 3.8) is 0 Å². The maximum absolute atomic E-state index is 12.8. The summed E-state index contributed by atoms with van der Waals surface area (Å²) in [6.07, 6.45) is -1.50. The molecule has 0 radical (unpaired) electrons. The van der Waals surface area contributed by atoms with Gasteiger partial charge in [-0.2, -0.15) is 0 Å². The normalized spacial score (nSPS) is 39.9. The molecule has 0 aromatic rings. The molecular formula is C18H34N2O6S. The van der Waals surface area contributed by atoms with Crippen molar-refractivity contribution in [2.75, 3.05) is 19.8 Å². The van der Waals surface area contributed by atoms with Gasteiger partial charge in [0, 0.05) is 6.54 Å². The number of carbonyl (C=O) groups is 1. The number of hydrogen-bond acceptors (Lipinski definition) is 8. The monoisotopic (exact) mass is 406 g/mol. The van der Waals surface area contributed by atoms with E-state index in [2.05, 4.69) is 12.2 Å². The minimum absolute atomic E-state index is 0.223. The Bertz CT molecular complexity index is 494. The van der Waals surface area contributed by atoms with Crippen molar-refractivity contribution in [1.82, 2.24) is 10.2 Å². The van der Waals surface area contributed by atoms with E-state index in [1.807, 2.05) is 11.9 Å². The first-order chi connectivity index (χ1) is 12.7. The molecule has 8 nitrogen and oxygen atoms in total. The zero-order valence-electron chi connectivity index (χ0n) is 16.5. The van der Waals surface area contributed by atoms with Crippen molar-refractivity contribution in [3.05, 3.63) is 0 Å². The number of likely N-dealkylation sites (tertiary alicyclic amines) is 1. The van der Waals surface area contributed by atoms with Crippen molar-refractivity contribution < 1.29 is 30.0 Å². The summed E-state index contributed by atoms with van der Waals surface area (Å²) >= 11 is 1.20. The van der Waals surface area contributed by atoms with Gasteiger partial charge in [0.2, 0.25) is 5.91 Å². The van der Waals surface area contributed by atoms with E-state index in [0.717, 1.165) is 25.8 Å². The molecule has 2 rings (SSSR count). The summed E-state index contributed by atoms with van der Waals surface area (Å²) in [5, 5.41) is 43.5. The highest BCUT2D eigenvalue weighted by atomic mass is 32.2. The van der Waals surface area contributed by atoms with Crippen LogP contribution in [0.5, 0.6) is 0 Å². The molecule has 5 N–H and O–H groups in total. The van der Waals surface area contributed by atoms with Crippen LogP contribution >= 0.6 is 11.8 Å². The molecule has 2 fully saturated rings. The first-order valence-electron chi connectivity index (χ1n) is 9.62. The lowest BCUT2D eigenvalue weighted by molar-refractivity contribution is -0.211. The molecule has 0 aliphatic carbocycles. The molecule has 9 atom stereocenters. The third kappa shape index (κ3) is 5.14. The molecule has 9 heteroatoms. The maximum atomic E-state index is 12.8. The number of aliphatic hydroxyl groups excluding tert-OH is 4. The zero-order chi connectivity index (χ0) is 20.3. The van der Waals surface area contributed by atoms with E-state index >= 15 is 0 Å². The van der Waals surface area contributed by atoms with Crippen LogP contribution < -0.4 is 5.32 Å². The van der Waals surface area contributed by atoms with Crippen LogP contribution in [-0.4, -0.2) is 99.1 Å². The van der Waals surface area contributed by atoms with Gasteiger partial charge in [0.15, 0.2) is 0 Å². The predicted molar refractivity (Wildman–Crippen MR) is 103 cm³/mol. The summed E-state index contributed by atoms with van der Waals surface area (Å²) < 4.78 is 5.72. The minimum Gasteiger partial charge on any atom is -0.391 e. The van der Waals surface area contributed by atoms with E-state index in [0.29, 0.717) is 5.92 Å². The van der Waals surface area contributed by atoms with Gasteiger partial charge in [-0.25, -0.2) is 0 Å². The zero-order valence-corrected chi connectivity index (χ0v) is 17.3. The number of likely N-dealkylation sites (N-methyl/N-ethyl adjacent to an activating group) is 1. The lowest BCUT2D eigenvalue weighted by Gasteiger charge is -2.44. The maximum Gasteiger partial charge on any atom is 0.237 e. The number of nitrogens with zero attached hydrogens (tertiary/aromatic N) is 1. The third-order valence-electron chi connectivity index (χ3n) is 5.66. The van der Waals surface area contributed by atoms with E-state index in [1.165, 1.54) is 18.7 Å². The van der Waals surface area contributed by atoms with Gasteiger partial charge < -0.3 is 30.5 Å². The number of rotatable bonds is 7. The fourth-order valence-electron chi connectivity index (χ4n) is 4.13. The molecule has 158 valence electrons. The van der Waals surface area contributed by atoms with Crippen LogP contribution in [0.2, 0.25) is 0 Å². The number of nitrogens with one attached hydrogen (secondary N) is 1. The van der Waals surface area contributed by atoms with E-state index < -0.39 is 42.0 Å². The van der Waals surface area contributed by atoms with Crippen LogP contribution in [0.25, 0.3) is 0 Å². The van der Waals surface area contributed by atoms with E-state index in [1.54, 1.807) is 6.26 Å². The number of hydrogen-bond donors (Lipinski definition) is 5. The van der Waals surface area contributed by atoms with Crippen LogP contribution in [-0.2, 0) is 9.53 Å². The van der Waals surface area contributed by atoms with Crippen LogP contribution in [0.3, 0.4) is 0 Å². The minimum atomic E-state index is -1.42. The third-order valence-corrected chi connectivity index (χ3v) is 6.51. The molecule has 2 saturated heterocycles. The van der Waals surface area contributed by atoms with Crippen molar-refractivity contribution in [1.29, 1.82) is 0 Å². The topological polar surface area (TPSA) is 122 Å². The second kappa shape index (κ2) is 9.87. The summed E-state index contributed by atoms with van der Waals surface area (Å²) in [7, 11) is 1.91. The number of aliphatic hydroxyl groups is 4. The smallest absolute Gasteiger partial charge is 0.237 e. The number of carbonyl (C=O) groups excluding carboxylic acids is 1. The Morgan fingerprint density at radius 2 is 1.96 bits per heavy atom. The Morgan fingerprint density at radius 3 is 2.52 bits per heavy atom. The number of amides is 1. The molecule has 2 aliphatic heterocycles. The first kappa shape index (κ1) is 22.9. The fourth-order valence-corrected chi connectivity index (χ4v) is 4.81. The SMILES string of the molecule is CCC[C@@H]1C[C@H](C(=O)N[C@@H]([C@H]2O[C@H](SC)[C@H](O)[C@@H](O)[C@@H]2O)[C@H](C)O)N(C)C1. The van der Waals surface area contributed by atoms with Gasteiger partial charge in [-0.1, -0.05) is 13.3 Å². The van der Waals surface area contributed by atoms with Crippen LogP contribution in [0, 0.1) is 5.92 Å². The lowest BCUT2D eigenvalue weighted by Crippen LogP contribution is -2.65. The predicted octanol–water partition coefficient (Wildman–Crippen LogP) is -0.857. The number of thioether (sulfide) groups is 1. The quantitative estimate of drug-likeness (QED) is 0.370. The average molecular weight is 407 g/mol. The largest absolute Gasteiger partial charge is 0.391 e. The van der Waals surface area contributed by atoms with Gasteiger partial charge in [0.25, 0.3) is 0 Å². The molecule has 0 bridgehead atoms. The van der Waals surface area contributed by atoms with Gasteiger partial charge in [0.1, 0.15) is 29.9 Å². The second-order valence-electron chi connectivity index (χ2n) is 7.80. The summed E-state index contributed by atoms with van der Waals surface area (Å²) in [6, 6.07) is -1.20. The average Bonchev–Trinajstić information content (AvgIpc) is 2.99. The fraction of sp³-hybridized carbons (Fsp3) is 0.944. The van der Waals surface area contributed by atoms with Gasteiger partial charge >= 0.3 is 0 Å². The molecular weight excluding hydrogens is 372 g/mol. The molecule has 0 aromatic carbocycles. The Balaban J connectivity index is 2.09. The summed E-state index contributed by atoms with van der Waals surface area (Å²) in [5.41, 5.74) is -0.755. The summed E-state index contributed by atoms with van der Waals surface area (Å²) in [6.45, 7) is 4.48. The molecule has 1 amide bonds. The van der Waals surface area contributed by atoms with Crippen molar-refractivity contribution >= 4 is 17.7 Å². The molecule has 0 unspecified atom stereocenters.